The van der Waals surface area contributed by atoms with E-state index in [0.29, 0.717) is 39.3 Å². The van der Waals surface area contributed by atoms with E-state index in [1.807, 2.05) is 52.0 Å². The van der Waals surface area contributed by atoms with E-state index in [2.05, 4.69) is 30.0 Å². The summed E-state index contributed by atoms with van der Waals surface area (Å²) in [5.74, 6) is -1.99. The molecule has 4 aromatic carbocycles. The molecule has 15 nitrogen and oxygen atoms in total. The number of carbonyl (C=O) groups is 3. The Morgan fingerprint density at radius 3 is 1.67 bits per heavy atom. The first-order valence-electron chi connectivity index (χ1n) is 15.8. The molecule has 15 heteroatoms. The van der Waals surface area contributed by atoms with Crippen LogP contribution in [0.25, 0.3) is 45.4 Å². The maximum absolute atomic E-state index is 11.1. The van der Waals surface area contributed by atoms with Gasteiger partial charge in [-0.2, -0.15) is 4.98 Å². The first-order valence-corrected chi connectivity index (χ1v) is 15.8. The second-order valence-corrected chi connectivity index (χ2v) is 11.7. The number of hydrogen-bond acceptors (Lipinski definition) is 13. The Bertz CT molecular complexity index is 2400. The van der Waals surface area contributed by atoms with Crippen LogP contribution < -0.4 is 0 Å². The van der Waals surface area contributed by atoms with Crippen molar-refractivity contribution in [2.24, 2.45) is 5.16 Å². The summed E-state index contributed by atoms with van der Waals surface area (Å²) in [5.41, 5.74) is 9.01. The summed E-state index contributed by atoms with van der Waals surface area (Å²) < 4.78 is 20.7. The van der Waals surface area contributed by atoms with Gasteiger partial charge in [0.1, 0.15) is 11.0 Å². The highest BCUT2D eigenvalue weighted by atomic mass is 16.5. The van der Waals surface area contributed by atoms with Gasteiger partial charge >= 0.3 is 29.7 Å². The van der Waals surface area contributed by atoms with Crippen LogP contribution in [0.3, 0.4) is 0 Å². The van der Waals surface area contributed by atoms with Crippen molar-refractivity contribution in [3.05, 3.63) is 118 Å². The van der Waals surface area contributed by atoms with E-state index in [-0.39, 0.29) is 36.6 Å². The summed E-state index contributed by atoms with van der Waals surface area (Å²) in [5, 5.41) is 33.1. The van der Waals surface area contributed by atoms with Gasteiger partial charge in [0.2, 0.25) is 5.82 Å². The van der Waals surface area contributed by atoms with Crippen LogP contribution in [0.1, 0.15) is 73.6 Å². The number of ether oxygens (including phenoxy) is 1. The van der Waals surface area contributed by atoms with Gasteiger partial charge in [-0.3, -0.25) is 0 Å². The first-order chi connectivity index (χ1) is 25.3. The minimum absolute atomic E-state index is 0. The molecule has 0 saturated heterocycles. The molecule has 0 unspecified atom stereocenters. The molecule has 0 amide bonds. The van der Waals surface area contributed by atoms with Gasteiger partial charge in [0, 0.05) is 5.56 Å². The monoisotopic (exact) mass is 735 g/mol. The second kappa shape index (κ2) is 16.9. The van der Waals surface area contributed by atoms with Gasteiger partial charge in [-0.1, -0.05) is 66.3 Å². The largest absolute Gasteiger partial charge is 0.478 e. The Balaban J connectivity index is 0.000000193. The molecular weight excluding hydrogens is 698 g/mol. The van der Waals surface area contributed by atoms with E-state index in [9.17, 15) is 14.4 Å². The maximum atomic E-state index is 11.1. The maximum Gasteiger partial charge on any atom is 0.392 e. The van der Waals surface area contributed by atoms with E-state index in [4.69, 9.17) is 28.8 Å². The number of esters is 1. The highest BCUT2D eigenvalue weighted by molar-refractivity contribution is 5.99. The fourth-order valence-electron chi connectivity index (χ4n) is 4.91. The number of fused-ring (bicyclic) bond motifs is 2. The molecule has 3 heterocycles. The number of oxazole rings is 2. The van der Waals surface area contributed by atoms with Crippen LogP contribution >= 0.6 is 0 Å². The van der Waals surface area contributed by atoms with Crippen LogP contribution in [-0.4, -0.2) is 66.3 Å². The number of nitrogens with zero attached hydrogens (tertiary/aromatic N) is 5. The zero-order chi connectivity index (χ0) is 38.4. The number of rotatable bonds is 6. The summed E-state index contributed by atoms with van der Waals surface area (Å²) in [4.78, 5) is 45.3. The molecule has 7 aromatic rings. The van der Waals surface area contributed by atoms with Gasteiger partial charge in [0.25, 0.3) is 5.89 Å². The molecule has 0 aliphatic rings. The Morgan fingerprint density at radius 2 is 1.17 bits per heavy atom. The molecule has 7 rings (SSSR count). The Labute approximate surface area is 308 Å². The van der Waals surface area contributed by atoms with Crippen molar-refractivity contribution in [2.45, 2.75) is 42.0 Å². The van der Waals surface area contributed by atoms with Crippen LogP contribution in [0.5, 0.6) is 0 Å². The van der Waals surface area contributed by atoms with E-state index in [0.717, 1.165) is 33.3 Å². The van der Waals surface area contributed by atoms with Gasteiger partial charge in [-0.25, -0.2) is 24.4 Å². The molecule has 0 aliphatic heterocycles. The standard InChI is InChI=1S/C18H13N3O4.C10H9NO3.C10H11NO3.CH4/c1-9-3-4-10(2)14-13(9)19-16(24-14)17-20-15(21-25-17)11-5-7-12(8-6-11)18(22)23;1-5-3-4-6(2)8-7(5)11-9(14-8)10(12)13;1-7(11-13)8-3-5-9(6-4-8)10(12)14-2;/h3-8H,1-2H3,(H,22,23);3-4H,1-2H3,(H,12,13);3-6,13H,1-2H3;1H4/b;;11-7-;. The first kappa shape index (κ1) is 39.6. The van der Waals surface area contributed by atoms with Crippen molar-refractivity contribution in [1.29, 1.82) is 0 Å². The topological polar surface area (TPSA) is 224 Å². The number of hydrogen-bond donors (Lipinski definition) is 3. The van der Waals surface area contributed by atoms with Gasteiger partial charge in [0.05, 0.1) is 23.9 Å². The molecule has 0 bridgehead atoms. The quantitative estimate of drug-likeness (QED) is 0.0632. The number of carboxylic acid groups (broad SMARTS) is 2. The predicted octanol–water partition coefficient (Wildman–Crippen LogP) is 8.31. The minimum Gasteiger partial charge on any atom is -0.478 e. The molecule has 3 N–H and O–H groups in total. The van der Waals surface area contributed by atoms with Crippen LogP contribution in [0, 0.1) is 27.7 Å². The summed E-state index contributed by atoms with van der Waals surface area (Å²) in [7, 11) is 1.33. The molecule has 278 valence electrons. The van der Waals surface area contributed by atoms with Gasteiger partial charge in [-0.15, -0.1) is 0 Å². The third kappa shape index (κ3) is 8.65. The normalized spacial score (nSPS) is 10.8. The van der Waals surface area contributed by atoms with Crippen LogP contribution in [0.4, 0.5) is 0 Å². The van der Waals surface area contributed by atoms with Crippen LogP contribution in [0.15, 0.2) is 91.3 Å². The number of aryl methyl sites for hydroxylation is 4. The number of carboxylic acids is 2. The van der Waals surface area contributed by atoms with E-state index >= 15 is 0 Å². The molecule has 0 radical (unpaired) electrons. The number of methoxy groups -OCH3 is 1. The fraction of sp³-hybridized carbons (Fsp3) is 0.179. The number of aromatic carboxylic acids is 2. The van der Waals surface area contributed by atoms with Crippen molar-refractivity contribution in [2.75, 3.05) is 7.11 Å². The third-order valence-electron chi connectivity index (χ3n) is 7.94. The lowest BCUT2D eigenvalue weighted by Gasteiger charge is -2.00. The highest BCUT2D eigenvalue weighted by Gasteiger charge is 2.19. The fourth-order valence-corrected chi connectivity index (χ4v) is 4.91. The molecular formula is C39H37N5O10. The van der Waals surface area contributed by atoms with Gasteiger partial charge < -0.3 is 33.5 Å². The van der Waals surface area contributed by atoms with Gasteiger partial charge in [-0.05, 0) is 86.7 Å². The summed E-state index contributed by atoms with van der Waals surface area (Å²) in [6.45, 7) is 9.30. The van der Waals surface area contributed by atoms with Gasteiger partial charge in [0.15, 0.2) is 11.2 Å². The second-order valence-electron chi connectivity index (χ2n) is 11.7. The smallest absolute Gasteiger partial charge is 0.392 e. The molecule has 54 heavy (non-hydrogen) atoms. The van der Waals surface area contributed by atoms with Crippen molar-refractivity contribution in [1.82, 2.24) is 20.1 Å². The molecule has 0 aliphatic carbocycles. The number of benzene rings is 4. The minimum atomic E-state index is -1.14. The number of aromatic nitrogens is 4. The summed E-state index contributed by atoms with van der Waals surface area (Å²) in [6, 6.07) is 20.6. The number of oxime groups is 1. The SMILES string of the molecule is C.COC(=O)c1ccc(/C(C)=N\O)cc1.Cc1ccc(C)c2oc(-c3nc(-c4ccc(C(=O)O)cc4)no3)nc12.Cc1ccc(C)c2oc(C(=O)O)nc12. The number of carbonyl (C=O) groups excluding carboxylic acids is 1. The molecule has 0 atom stereocenters. The lowest BCUT2D eigenvalue weighted by molar-refractivity contribution is 0.0598. The lowest BCUT2D eigenvalue weighted by atomic mass is 10.1. The Kier molecular flexibility index (Phi) is 12.4. The van der Waals surface area contributed by atoms with Crippen LogP contribution in [-0.2, 0) is 4.74 Å². The van der Waals surface area contributed by atoms with Crippen molar-refractivity contribution in [3.63, 3.8) is 0 Å². The van der Waals surface area contributed by atoms with Crippen LogP contribution in [0.2, 0.25) is 0 Å². The van der Waals surface area contributed by atoms with Crippen molar-refractivity contribution in [3.8, 4) is 23.2 Å². The lowest BCUT2D eigenvalue weighted by Crippen LogP contribution is -2.02. The molecule has 0 spiro atoms. The zero-order valence-corrected chi connectivity index (χ0v) is 29.4. The molecule has 3 aromatic heterocycles. The van der Waals surface area contributed by atoms with E-state index in [1.54, 1.807) is 43.3 Å². The van der Waals surface area contributed by atoms with Crippen molar-refractivity contribution < 1.29 is 47.9 Å². The Hall–Kier alpha value is -7.16. The summed E-state index contributed by atoms with van der Waals surface area (Å²) in [6.07, 6.45) is 0. The molecule has 0 fully saturated rings. The zero-order valence-electron chi connectivity index (χ0n) is 29.4. The third-order valence-corrected chi connectivity index (χ3v) is 7.94. The molecule has 0 saturated carbocycles. The predicted molar refractivity (Wildman–Crippen MR) is 198 cm³/mol. The highest BCUT2D eigenvalue weighted by Crippen LogP contribution is 2.29. The Morgan fingerprint density at radius 1 is 0.648 bits per heavy atom. The van der Waals surface area contributed by atoms with E-state index in [1.165, 1.54) is 19.2 Å². The van der Waals surface area contributed by atoms with E-state index < -0.39 is 11.9 Å². The van der Waals surface area contributed by atoms with Crippen molar-refractivity contribution >= 4 is 45.8 Å². The average Bonchev–Trinajstić information content (AvgIpc) is 3.95. The summed E-state index contributed by atoms with van der Waals surface area (Å²) >= 11 is 0. The average molecular weight is 736 g/mol.